The molecule has 1 amide bonds. The molecule has 45 heavy (non-hydrogen) atoms. The Morgan fingerprint density at radius 1 is 0.867 bits per heavy atom. The molecule has 7 nitrogen and oxygen atoms in total. The molecule has 1 aromatic heterocycles. The number of halogens is 2. The zero-order valence-electron chi connectivity index (χ0n) is 24.8. The average Bonchev–Trinajstić information content (AvgIpc) is 3.47. The van der Waals surface area contributed by atoms with Crippen LogP contribution < -0.4 is 4.74 Å². The van der Waals surface area contributed by atoms with Gasteiger partial charge in [-0.1, -0.05) is 54.6 Å². The highest BCUT2D eigenvalue weighted by molar-refractivity contribution is 7.98. The summed E-state index contributed by atoms with van der Waals surface area (Å²) in [6, 6.07) is 27.6. The molecule has 0 atom stereocenters. The summed E-state index contributed by atoms with van der Waals surface area (Å²) in [5.74, 6) is -2.07. The van der Waals surface area contributed by atoms with E-state index in [2.05, 4.69) is 5.10 Å². The maximum absolute atomic E-state index is 13.9. The van der Waals surface area contributed by atoms with Gasteiger partial charge in [0.2, 0.25) is 0 Å². The van der Waals surface area contributed by atoms with Crippen molar-refractivity contribution < 1.29 is 27.8 Å². The standard InChI is InChI=1S/C35H31F2N3O4S/c1-39-28(15-16-38-39)20-40(21-34(41)44-22-24-7-4-3-5-8-24)35(42)27-10-6-9-25(17-27)23-43-29-13-11-26(12-14-29)30-18-31(36)32(37)19-33(30)45-2/h3-19H,20-23H2,1-2H3. The number of amides is 1. The van der Waals surface area contributed by atoms with Crippen LogP contribution in [0.2, 0.25) is 0 Å². The summed E-state index contributed by atoms with van der Waals surface area (Å²) in [6.07, 6.45) is 3.44. The van der Waals surface area contributed by atoms with Crippen molar-refractivity contribution in [2.75, 3.05) is 12.8 Å². The second kappa shape index (κ2) is 14.7. The quantitative estimate of drug-likeness (QED) is 0.109. The predicted molar refractivity (Wildman–Crippen MR) is 169 cm³/mol. The van der Waals surface area contributed by atoms with Crippen molar-refractivity contribution in [2.45, 2.75) is 24.7 Å². The SMILES string of the molecule is CSc1cc(F)c(F)cc1-c1ccc(OCc2cccc(C(=O)N(CC(=O)OCc3ccccc3)Cc3ccnn3C)c2)cc1. The normalized spacial score (nSPS) is 10.8. The van der Waals surface area contributed by atoms with Gasteiger partial charge in [0.05, 0.1) is 12.2 Å². The van der Waals surface area contributed by atoms with Crippen molar-refractivity contribution in [3.05, 3.63) is 137 Å². The predicted octanol–water partition coefficient (Wildman–Crippen LogP) is 7.05. The number of benzene rings is 4. The molecular formula is C35H31F2N3O4S. The van der Waals surface area contributed by atoms with E-state index in [1.165, 1.54) is 28.8 Å². The first-order chi connectivity index (χ1) is 21.8. The highest BCUT2D eigenvalue weighted by Crippen LogP contribution is 2.33. The molecule has 0 radical (unpaired) electrons. The van der Waals surface area contributed by atoms with Crippen LogP contribution in [0.25, 0.3) is 11.1 Å². The Balaban J connectivity index is 1.26. The van der Waals surface area contributed by atoms with Gasteiger partial charge in [0, 0.05) is 23.7 Å². The van der Waals surface area contributed by atoms with Crippen molar-refractivity contribution in [1.82, 2.24) is 14.7 Å². The molecule has 0 spiro atoms. The second-order valence-electron chi connectivity index (χ2n) is 10.2. The molecule has 0 saturated carbocycles. The molecule has 10 heteroatoms. The summed E-state index contributed by atoms with van der Waals surface area (Å²) in [5, 5.41) is 4.18. The fourth-order valence-electron chi connectivity index (χ4n) is 4.69. The van der Waals surface area contributed by atoms with E-state index in [-0.39, 0.29) is 32.2 Å². The van der Waals surface area contributed by atoms with Gasteiger partial charge in [0.1, 0.15) is 25.5 Å². The van der Waals surface area contributed by atoms with E-state index in [1.54, 1.807) is 66.5 Å². The summed E-state index contributed by atoms with van der Waals surface area (Å²) in [4.78, 5) is 28.5. The van der Waals surface area contributed by atoms with E-state index in [0.29, 0.717) is 21.8 Å². The Morgan fingerprint density at radius 3 is 2.31 bits per heavy atom. The number of esters is 1. The van der Waals surface area contributed by atoms with Crippen LogP contribution in [0.15, 0.2) is 108 Å². The molecule has 5 rings (SSSR count). The van der Waals surface area contributed by atoms with E-state index in [9.17, 15) is 18.4 Å². The van der Waals surface area contributed by atoms with Gasteiger partial charge in [0.25, 0.3) is 5.91 Å². The van der Waals surface area contributed by atoms with Crippen molar-refractivity contribution >= 4 is 23.6 Å². The van der Waals surface area contributed by atoms with Crippen molar-refractivity contribution in [3.8, 4) is 16.9 Å². The smallest absolute Gasteiger partial charge is 0.326 e. The van der Waals surface area contributed by atoms with E-state index < -0.39 is 17.6 Å². The number of aromatic nitrogens is 2. The molecule has 0 unspecified atom stereocenters. The molecule has 0 N–H and O–H groups in total. The largest absolute Gasteiger partial charge is 0.489 e. The van der Waals surface area contributed by atoms with Gasteiger partial charge in [-0.25, -0.2) is 8.78 Å². The van der Waals surface area contributed by atoms with Crippen LogP contribution >= 0.6 is 11.8 Å². The Labute approximate surface area is 264 Å². The van der Waals surface area contributed by atoms with Gasteiger partial charge in [-0.2, -0.15) is 5.10 Å². The highest BCUT2D eigenvalue weighted by atomic mass is 32.2. The zero-order chi connectivity index (χ0) is 31.8. The lowest BCUT2D eigenvalue weighted by molar-refractivity contribution is -0.145. The van der Waals surface area contributed by atoms with E-state index in [1.807, 2.05) is 42.7 Å². The number of hydrogen-bond acceptors (Lipinski definition) is 6. The number of nitrogens with zero attached hydrogens (tertiary/aromatic N) is 3. The molecule has 230 valence electrons. The highest BCUT2D eigenvalue weighted by Gasteiger charge is 2.22. The molecule has 0 aliphatic rings. The number of rotatable bonds is 12. The third kappa shape index (κ3) is 8.16. The topological polar surface area (TPSA) is 73.7 Å². The minimum atomic E-state index is -0.902. The van der Waals surface area contributed by atoms with Crippen LogP contribution in [0.3, 0.4) is 0 Å². The summed E-state index contributed by atoms with van der Waals surface area (Å²) in [6.45, 7) is 0.225. The summed E-state index contributed by atoms with van der Waals surface area (Å²) >= 11 is 1.34. The van der Waals surface area contributed by atoms with E-state index in [0.717, 1.165) is 22.4 Å². The van der Waals surface area contributed by atoms with Crippen LogP contribution in [0.4, 0.5) is 8.78 Å². The van der Waals surface area contributed by atoms with Crippen molar-refractivity contribution in [3.63, 3.8) is 0 Å². The molecule has 0 saturated heterocycles. The van der Waals surface area contributed by atoms with Crippen LogP contribution in [0, 0.1) is 11.6 Å². The van der Waals surface area contributed by atoms with Gasteiger partial charge in [-0.05, 0) is 71.0 Å². The minimum Gasteiger partial charge on any atom is -0.489 e. The first-order valence-electron chi connectivity index (χ1n) is 14.1. The Hall–Kier alpha value is -4.96. The zero-order valence-corrected chi connectivity index (χ0v) is 25.6. The van der Waals surface area contributed by atoms with Crippen LogP contribution in [-0.4, -0.2) is 39.4 Å². The molecule has 0 bridgehead atoms. The molecule has 0 fully saturated rings. The van der Waals surface area contributed by atoms with Gasteiger partial charge in [-0.3, -0.25) is 14.3 Å². The molecule has 1 heterocycles. The summed E-state index contributed by atoms with van der Waals surface area (Å²) in [5.41, 5.74) is 4.09. The van der Waals surface area contributed by atoms with Crippen LogP contribution in [-0.2, 0) is 36.3 Å². The number of thioether (sulfide) groups is 1. The maximum Gasteiger partial charge on any atom is 0.326 e. The molecule has 4 aromatic carbocycles. The third-order valence-electron chi connectivity index (χ3n) is 7.11. The van der Waals surface area contributed by atoms with Crippen molar-refractivity contribution in [2.24, 2.45) is 7.05 Å². The fourth-order valence-corrected chi connectivity index (χ4v) is 5.31. The Bertz CT molecular complexity index is 1780. The first kappa shape index (κ1) is 31.5. The number of carbonyl (C=O) groups is 2. The minimum absolute atomic E-state index is 0.112. The maximum atomic E-state index is 13.9. The van der Waals surface area contributed by atoms with Gasteiger partial charge in [0.15, 0.2) is 11.6 Å². The number of hydrogen-bond donors (Lipinski definition) is 0. The lowest BCUT2D eigenvalue weighted by Crippen LogP contribution is -2.36. The molecule has 5 aromatic rings. The van der Waals surface area contributed by atoms with Crippen LogP contribution in [0.1, 0.15) is 27.2 Å². The van der Waals surface area contributed by atoms with Gasteiger partial charge < -0.3 is 14.4 Å². The lowest BCUT2D eigenvalue weighted by atomic mass is 10.1. The van der Waals surface area contributed by atoms with Crippen LogP contribution in [0.5, 0.6) is 5.75 Å². The average molecular weight is 628 g/mol. The number of aryl methyl sites for hydroxylation is 1. The van der Waals surface area contributed by atoms with Crippen molar-refractivity contribution in [1.29, 1.82) is 0 Å². The molecule has 0 aliphatic heterocycles. The lowest BCUT2D eigenvalue weighted by Gasteiger charge is -2.22. The summed E-state index contributed by atoms with van der Waals surface area (Å²) in [7, 11) is 1.77. The van der Waals surface area contributed by atoms with E-state index in [4.69, 9.17) is 9.47 Å². The monoisotopic (exact) mass is 627 g/mol. The van der Waals surface area contributed by atoms with E-state index >= 15 is 0 Å². The molecular weight excluding hydrogens is 596 g/mol. The molecule has 0 aliphatic carbocycles. The van der Waals surface area contributed by atoms with Gasteiger partial charge in [-0.15, -0.1) is 11.8 Å². The van der Waals surface area contributed by atoms with Gasteiger partial charge >= 0.3 is 5.97 Å². The Morgan fingerprint density at radius 2 is 1.60 bits per heavy atom. The number of carbonyl (C=O) groups excluding carboxylic acids is 2. The number of ether oxygens (including phenoxy) is 2. The fraction of sp³-hybridized carbons (Fsp3) is 0.171. The second-order valence-corrected chi connectivity index (χ2v) is 11.1. The Kier molecular flexibility index (Phi) is 10.3. The summed E-state index contributed by atoms with van der Waals surface area (Å²) < 4.78 is 40.7. The first-order valence-corrected chi connectivity index (χ1v) is 15.3. The third-order valence-corrected chi connectivity index (χ3v) is 7.89.